The minimum absolute atomic E-state index is 0.0616. The molecule has 2 aromatic heterocycles. The van der Waals surface area contributed by atoms with Gasteiger partial charge in [0.15, 0.2) is 10.9 Å². The number of aromatic nitrogens is 1. The zero-order chi connectivity index (χ0) is 22.5. The number of carbonyl (C=O) groups is 3. The van der Waals surface area contributed by atoms with Crippen LogP contribution in [-0.2, 0) is 11.2 Å². The maximum Gasteiger partial charge on any atom is 0.289 e. The Balaban J connectivity index is 1.27. The summed E-state index contributed by atoms with van der Waals surface area (Å²) in [4.78, 5) is 45.1. The fourth-order valence-electron chi connectivity index (χ4n) is 3.34. The van der Waals surface area contributed by atoms with Crippen molar-refractivity contribution in [2.45, 2.75) is 6.42 Å². The van der Waals surface area contributed by atoms with Crippen molar-refractivity contribution in [3.8, 4) is 5.75 Å². The first-order valence-electron chi connectivity index (χ1n) is 10.0. The molecule has 3 heterocycles. The average molecular weight is 455 g/mol. The van der Waals surface area contributed by atoms with E-state index in [0.29, 0.717) is 54.1 Å². The van der Waals surface area contributed by atoms with Crippen molar-refractivity contribution < 1.29 is 23.5 Å². The number of amides is 3. The van der Waals surface area contributed by atoms with Crippen molar-refractivity contribution in [3.63, 3.8) is 0 Å². The Morgan fingerprint density at radius 3 is 2.47 bits per heavy atom. The lowest BCUT2D eigenvalue weighted by Crippen LogP contribution is -2.50. The van der Waals surface area contributed by atoms with Crippen LogP contribution in [0.5, 0.6) is 5.75 Å². The van der Waals surface area contributed by atoms with E-state index in [4.69, 9.17) is 9.15 Å². The average Bonchev–Trinajstić information content (AvgIpc) is 3.51. The molecule has 32 heavy (non-hydrogen) atoms. The second-order valence-corrected chi connectivity index (χ2v) is 8.01. The molecular weight excluding hydrogens is 432 g/mol. The van der Waals surface area contributed by atoms with Crippen LogP contribution in [0.3, 0.4) is 0 Å². The summed E-state index contributed by atoms with van der Waals surface area (Å²) in [6.07, 6.45) is 1.61. The van der Waals surface area contributed by atoms with E-state index in [9.17, 15) is 14.4 Å². The molecule has 1 saturated heterocycles. The molecule has 0 atom stereocenters. The molecular formula is C22H22N4O5S. The highest BCUT2D eigenvalue weighted by atomic mass is 32.1. The van der Waals surface area contributed by atoms with Crippen molar-refractivity contribution in [2.75, 3.05) is 38.6 Å². The maximum atomic E-state index is 12.7. The summed E-state index contributed by atoms with van der Waals surface area (Å²) in [6, 6.07) is 10.1. The number of ether oxygens (including phenoxy) is 1. The van der Waals surface area contributed by atoms with Crippen molar-refractivity contribution in [3.05, 3.63) is 65.1 Å². The van der Waals surface area contributed by atoms with Gasteiger partial charge < -0.3 is 19.0 Å². The number of anilines is 1. The molecule has 1 aliphatic rings. The van der Waals surface area contributed by atoms with E-state index >= 15 is 0 Å². The van der Waals surface area contributed by atoms with Gasteiger partial charge in [0.05, 0.1) is 25.5 Å². The van der Waals surface area contributed by atoms with Gasteiger partial charge >= 0.3 is 0 Å². The number of nitrogens with one attached hydrogen (secondary N) is 1. The van der Waals surface area contributed by atoms with E-state index in [1.807, 2.05) is 0 Å². The molecule has 1 N–H and O–H groups in total. The molecule has 9 nitrogen and oxygen atoms in total. The zero-order valence-corrected chi connectivity index (χ0v) is 18.3. The third-order valence-corrected chi connectivity index (χ3v) is 5.91. The van der Waals surface area contributed by atoms with Gasteiger partial charge in [0.1, 0.15) is 5.75 Å². The minimum atomic E-state index is -0.280. The molecule has 0 saturated carbocycles. The number of piperazine rings is 1. The van der Waals surface area contributed by atoms with Gasteiger partial charge in [0.25, 0.3) is 11.8 Å². The van der Waals surface area contributed by atoms with Gasteiger partial charge in [-0.3, -0.25) is 19.7 Å². The number of carbonyl (C=O) groups excluding carboxylic acids is 3. The second kappa shape index (κ2) is 9.65. The summed E-state index contributed by atoms with van der Waals surface area (Å²) >= 11 is 1.27. The van der Waals surface area contributed by atoms with Crippen molar-refractivity contribution in [2.24, 2.45) is 0 Å². The summed E-state index contributed by atoms with van der Waals surface area (Å²) in [6.45, 7) is 1.81. The fraction of sp³-hybridized carbons (Fsp3) is 0.273. The fourth-order valence-corrected chi connectivity index (χ4v) is 4.04. The number of hydrogen-bond donors (Lipinski definition) is 1. The lowest BCUT2D eigenvalue weighted by atomic mass is 10.2. The highest BCUT2D eigenvalue weighted by Crippen LogP contribution is 2.19. The Morgan fingerprint density at radius 1 is 1.09 bits per heavy atom. The van der Waals surface area contributed by atoms with Crippen LogP contribution in [0.2, 0.25) is 0 Å². The Bertz CT molecular complexity index is 1090. The van der Waals surface area contributed by atoms with Gasteiger partial charge in [-0.1, -0.05) is 0 Å². The van der Waals surface area contributed by atoms with Crippen molar-refractivity contribution >= 4 is 34.2 Å². The molecule has 0 spiro atoms. The quantitative estimate of drug-likeness (QED) is 0.614. The minimum Gasteiger partial charge on any atom is -0.497 e. The molecule has 1 aliphatic heterocycles. The predicted octanol–water partition coefficient (Wildman–Crippen LogP) is 2.52. The molecule has 0 bridgehead atoms. The Kier molecular flexibility index (Phi) is 6.50. The standard InChI is InChI=1S/C22H22N4O5S/c1-30-17-6-4-15(5-7-17)20(28)24-22-23-16(14-32-22)13-19(27)25-8-10-26(11-9-25)21(29)18-3-2-12-31-18/h2-7,12,14H,8-11,13H2,1H3,(H,23,24,28). The first-order valence-corrected chi connectivity index (χ1v) is 10.9. The molecule has 0 unspecified atom stereocenters. The molecule has 10 heteroatoms. The van der Waals surface area contributed by atoms with Crippen molar-refractivity contribution in [1.82, 2.24) is 14.8 Å². The van der Waals surface area contributed by atoms with E-state index in [0.717, 1.165) is 0 Å². The number of furan rings is 1. The lowest BCUT2D eigenvalue weighted by Gasteiger charge is -2.34. The SMILES string of the molecule is COc1ccc(C(=O)Nc2nc(CC(=O)N3CCN(C(=O)c4ccco4)CC3)cs2)cc1. The summed E-state index contributed by atoms with van der Waals surface area (Å²) < 4.78 is 10.2. The van der Waals surface area contributed by atoms with Gasteiger partial charge in [0, 0.05) is 37.1 Å². The summed E-state index contributed by atoms with van der Waals surface area (Å²) in [5.41, 5.74) is 1.08. The molecule has 3 aromatic rings. The number of methoxy groups -OCH3 is 1. The maximum absolute atomic E-state index is 12.7. The third kappa shape index (κ3) is 4.97. The first-order chi connectivity index (χ1) is 15.5. The van der Waals surface area contributed by atoms with E-state index in [-0.39, 0.29) is 24.1 Å². The number of nitrogens with zero attached hydrogens (tertiary/aromatic N) is 3. The topological polar surface area (TPSA) is 105 Å². The van der Waals surface area contributed by atoms with Gasteiger partial charge in [-0.25, -0.2) is 4.98 Å². The molecule has 1 fully saturated rings. The van der Waals surface area contributed by atoms with E-state index < -0.39 is 0 Å². The van der Waals surface area contributed by atoms with E-state index in [1.165, 1.54) is 17.6 Å². The van der Waals surface area contributed by atoms with Crippen LogP contribution in [0.4, 0.5) is 5.13 Å². The Labute approximate surface area is 188 Å². The van der Waals surface area contributed by atoms with Gasteiger partial charge in [-0.05, 0) is 36.4 Å². The van der Waals surface area contributed by atoms with Crippen LogP contribution >= 0.6 is 11.3 Å². The molecule has 4 rings (SSSR count). The van der Waals surface area contributed by atoms with Crippen molar-refractivity contribution in [1.29, 1.82) is 0 Å². The molecule has 1 aromatic carbocycles. The Morgan fingerprint density at radius 2 is 1.81 bits per heavy atom. The van der Waals surface area contributed by atoms with Crippen LogP contribution in [0, 0.1) is 0 Å². The van der Waals surface area contributed by atoms with Crippen LogP contribution in [0.25, 0.3) is 0 Å². The molecule has 0 aliphatic carbocycles. The van der Waals surface area contributed by atoms with Crippen LogP contribution < -0.4 is 10.1 Å². The normalized spacial score (nSPS) is 13.7. The first kappa shape index (κ1) is 21.6. The Hall–Kier alpha value is -3.66. The van der Waals surface area contributed by atoms with Gasteiger partial charge in [-0.2, -0.15) is 0 Å². The van der Waals surface area contributed by atoms with Crippen LogP contribution in [0.15, 0.2) is 52.5 Å². The summed E-state index contributed by atoms with van der Waals surface area (Å²) in [5, 5.41) is 4.95. The largest absolute Gasteiger partial charge is 0.497 e. The van der Waals surface area contributed by atoms with Crippen LogP contribution in [-0.4, -0.2) is 65.8 Å². The molecule has 3 amide bonds. The number of benzene rings is 1. The predicted molar refractivity (Wildman–Crippen MR) is 118 cm³/mol. The number of hydrogen-bond acceptors (Lipinski definition) is 7. The second-order valence-electron chi connectivity index (χ2n) is 7.15. The van der Waals surface area contributed by atoms with Gasteiger partial charge in [-0.15, -0.1) is 11.3 Å². The highest BCUT2D eigenvalue weighted by Gasteiger charge is 2.26. The van der Waals surface area contributed by atoms with E-state index in [1.54, 1.807) is 58.7 Å². The zero-order valence-electron chi connectivity index (χ0n) is 17.4. The molecule has 166 valence electrons. The smallest absolute Gasteiger partial charge is 0.289 e. The van der Waals surface area contributed by atoms with E-state index in [2.05, 4.69) is 10.3 Å². The monoisotopic (exact) mass is 454 g/mol. The third-order valence-electron chi connectivity index (χ3n) is 5.11. The number of rotatable bonds is 6. The lowest BCUT2D eigenvalue weighted by molar-refractivity contribution is -0.132. The summed E-state index contributed by atoms with van der Waals surface area (Å²) in [7, 11) is 1.56. The highest BCUT2D eigenvalue weighted by molar-refractivity contribution is 7.14. The number of thiazole rings is 1. The molecule has 0 radical (unpaired) electrons. The van der Waals surface area contributed by atoms with Crippen LogP contribution in [0.1, 0.15) is 26.6 Å². The summed E-state index contributed by atoms with van der Waals surface area (Å²) in [5.74, 6) is 0.462. The van der Waals surface area contributed by atoms with Gasteiger partial charge in [0.2, 0.25) is 5.91 Å².